The Morgan fingerprint density at radius 3 is 2.84 bits per heavy atom. The molecule has 1 amide bonds. The Labute approximate surface area is 149 Å². The van der Waals surface area contributed by atoms with Gasteiger partial charge in [-0.2, -0.15) is 0 Å². The van der Waals surface area contributed by atoms with Gasteiger partial charge in [0, 0.05) is 23.1 Å². The molecule has 3 aromatic rings. The van der Waals surface area contributed by atoms with Gasteiger partial charge in [-0.3, -0.25) is 4.79 Å². The van der Waals surface area contributed by atoms with Crippen LogP contribution in [0.4, 0.5) is 0 Å². The number of aliphatic hydroxyl groups is 1. The molecule has 2 N–H and O–H groups in total. The van der Waals surface area contributed by atoms with Gasteiger partial charge in [0.25, 0.3) is 5.91 Å². The number of thiophene rings is 1. The standard InChI is InChI=1S/C18H18N2O4S/c21-8-9-23-16(17-7-4-10-25-17)12-19-18(22)14-11-15(24-20-14)13-5-2-1-3-6-13/h1-7,10-11,16,21H,8-9,12H2,(H,19,22)/t16-/m1/s1. The van der Waals surface area contributed by atoms with Gasteiger partial charge in [-0.25, -0.2) is 0 Å². The normalized spacial score (nSPS) is 12.0. The van der Waals surface area contributed by atoms with Crippen molar-refractivity contribution in [2.45, 2.75) is 6.10 Å². The Bertz CT molecular complexity index is 787. The lowest BCUT2D eigenvalue weighted by Crippen LogP contribution is -2.29. The predicted molar refractivity (Wildman–Crippen MR) is 94.4 cm³/mol. The zero-order valence-electron chi connectivity index (χ0n) is 13.4. The third-order valence-electron chi connectivity index (χ3n) is 3.52. The second kappa shape index (κ2) is 8.57. The summed E-state index contributed by atoms with van der Waals surface area (Å²) in [6.07, 6.45) is -0.309. The van der Waals surface area contributed by atoms with Gasteiger partial charge in [-0.1, -0.05) is 41.6 Å². The van der Waals surface area contributed by atoms with Crippen LogP contribution < -0.4 is 5.32 Å². The van der Waals surface area contributed by atoms with E-state index in [0.29, 0.717) is 5.76 Å². The number of aromatic nitrogens is 1. The fourth-order valence-electron chi connectivity index (χ4n) is 2.31. The fourth-order valence-corrected chi connectivity index (χ4v) is 3.08. The zero-order chi connectivity index (χ0) is 17.5. The summed E-state index contributed by atoms with van der Waals surface area (Å²) in [6.45, 7) is 0.424. The van der Waals surface area contributed by atoms with Gasteiger partial charge >= 0.3 is 0 Å². The molecular formula is C18H18N2O4S. The maximum Gasteiger partial charge on any atom is 0.273 e. The highest BCUT2D eigenvalue weighted by molar-refractivity contribution is 7.10. The highest BCUT2D eigenvalue weighted by Gasteiger charge is 2.18. The Morgan fingerprint density at radius 2 is 2.12 bits per heavy atom. The maximum absolute atomic E-state index is 12.3. The summed E-state index contributed by atoms with van der Waals surface area (Å²) in [4.78, 5) is 13.3. The van der Waals surface area contributed by atoms with Crippen LogP contribution in [0.5, 0.6) is 0 Å². The van der Waals surface area contributed by atoms with Gasteiger partial charge in [0.1, 0.15) is 6.10 Å². The molecule has 0 saturated heterocycles. The molecule has 0 aliphatic carbocycles. The summed E-state index contributed by atoms with van der Waals surface area (Å²) in [5.74, 6) is 0.206. The van der Waals surface area contributed by atoms with E-state index < -0.39 is 0 Å². The molecule has 3 rings (SSSR count). The van der Waals surface area contributed by atoms with E-state index >= 15 is 0 Å². The van der Waals surface area contributed by atoms with Crippen LogP contribution in [0.25, 0.3) is 11.3 Å². The number of rotatable bonds is 8. The van der Waals surface area contributed by atoms with Crippen molar-refractivity contribution in [1.82, 2.24) is 10.5 Å². The van der Waals surface area contributed by atoms with Gasteiger partial charge in [0.15, 0.2) is 11.5 Å². The first-order valence-corrected chi connectivity index (χ1v) is 8.72. The number of benzene rings is 1. The highest BCUT2D eigenvalue weighted by atomic mass is 32.1. The maximum atomic E-state index is 12.3. The Balaban J connectivity index is 1.62. The minimum atomic E-state index is -0.333. The molecule has 6 nitrogen and oxygen atoms in total. The number of nitrogens with one attached hydrogen (secondary N) is 1. The van der Waals surface area contributed by atoms with E-state index in [1.54, 1.807) is 6.07 Å². The van der Waals surface area contributed by atoms with Crippen LogP contribution in [0.15, 0.2) is 58.4 Å². The van der Waals surface area contributed by atoms with Crippen LogP contribution >= 0.6 is 11.3 Å². The molecule has 2 heterocycles. The second-order valence-corrected chi connectivity index (χ2v) is 6.23. The van der Waals surface area contributed by atoms with Crippen molar-refractivity contribution >= 4 is 17.2 Å². The van der Waals surface area contributed by atoms with Crippen LogP contribution in [0.2, 0.25) is 0 Å². The Hall–Kier alpha value is -2.48. The second-order valence-electron chi connectivity index (χ2n) is 5.25. The van der Waals surface area contributed by atoms with Gasteiger partial charge in [0.05, 0.1) is 13.2 Å². The summed E-state index contributed by atoms with van der Waals surface area (Å²) in [5, 5.41) is 17.5. The molecule has 0 aliphatic rings. The van der Waals surface area contributed by atoms with Gasteiger partial charge in [0.2, 0.25) is 0 Å². The summed E-state index contributed by atoms with van der Waals surface area (Å²) in [5.41, 5.74) is 1.07. The first-order valence-electron chi connectivity index (χ1n) is 7.84. The first kappa shape index (κ1) is 17.3. The molecule has 0 bridgehead atoms. The molecule has 130 valence electrons. The number of amides is 1. The van der Waals surface area contributed by atoms with E-state index in [4.69, 9.17) is 14.4 Å². The number of carbonyl (C=O) groups excluding carboxylic acids is 1. The molecule has 1 atom stereocenters. The van der Waals surface area contributed by atoms with Crippen LogP contribution in [-0.2, 0) is 4.74 Å². The van der Waals surface area contributed by atoms with Crippen molar-refractivity contribution in [2.75, 3.05) is 19.8 Å². The largest absolute Gasteiger partial charge is 0.394 e. The molecular weight excluding hydrogens is 340 g/mol. The highest BCUT2D eigenvalue weighted by Crippen LogP contribution is 2.22. The smallest absolute Gasteiger partial charge is 0.273 e. The monoisotopic (exact) mass is 358 g/mol. The van der Waals surface area contributed by atoms with Gasteiger partial charge in [-0.05, 0) is 11.4 Å². The average molecular weight is 358 g/mol. The number of aliphatic hydroxyl groups excluding tert-OH is 1. The molecule has 0 saturated carbocycles. The Kier molecular flexibility index (Phi) is 5.95. The molecule has 0 fully saturated rings. The number of ether oxygens (including phenoxy) is 1. The zero-order valence-corrected chi connectivity index (χ0v) is 14.2. The lowest BCUT2D eigenvalue weighted by Gasteiger charge is -2.16. The van der Waals surface area contributed by atoms with Crippen LogP contribution in [0.1, 0.15) is 21.5 Å². The van der Waals surface area contributed by atoms with Gasteiger partial charge < -0.3 is 19.7 Å². The lowest BCUT2D eigenvalue weighted by atomic mass is 10.1. The first-order chi connectivity index (χ1) is 12.3. The van der Waals surface area contributed by atoms with Crippen LogP contribution in [0, 0.1) is 0 Å². The molecule has 0 spiro atoms. The van der Waals surface area contributed by atoms with E-state index in [1.165, 1.54) is 11.3 Å². The van der Waals surface area contributed by atoms with E-state index in [1.807, 2.05) is 47.8 Å². The van der Waals surface area contributed by atoms with Crippen LogP contribution in [0.3, 0.4) is 0 Å². The molecule has 7 heteroatoms. The van der Waals surface area contributed by atoms with E-state index in [9.17, 15) is 4.79 Å². The lowest BCUT2D eigenvalue weighted by molar-refractivity contribution is 0.0295. The van der Waals surface area contributed by atoms with Gasteiger partial charge in [-0.15, -0.1) is 11.3 Å². The SMILES string of the molecule is O=C(NC[C@@H](OCCO)c1cccs1)c1cc(-c2ccccc2)on1. The summed E-state index contributed by atoms with van der Waals surface area (Å²) in [7, 11) is 0. The van der Waals surface area contributed by atoms with Crippen molar-refractivity contribution in [3.8, 4) is 11.3 Å². The summed E-state index contributed by atoms with van der Waals surface area (Å²) < 4.78 is 10.8. The van der Waals surface area contributed by atoms with E-state index in [-0.39, 0.29) is 37.5 Å². The third-order valence-corrected chi connectivity index (χ3v) is 4.48. The summed E-state index contributed by atoms with van der Waals surface area (Å²) in [6, 6.07) is 14.9. The topological polar surface area (TPSA) is 84.6 Å². The van der Waals surface area contributed by atoms with E-state index in [2.05, 4.69) is 10.5 Å². The van der Waals surface area contributed by atoms with Crippen LogP contribution in [-0.4, -0.2) is 35.9 Å². The van der Waals surface area contributed by atoms with Crippen molar-refractivity contribution in [3.05, 3.63) is 64.5 Å². The summed E-state index contributed by atoms with van der Waals surface area (Å²) >= 11 is 1.54. The third kappa shape index (κ3) is 4.54. The minimum Gasteiger partial charge on any atom is -0.394 e. The molecule has 2 aromatic heterocycles. The van der Waals surface area contributed by atoms with E-state index in [0.717, 1.165) is 10.4 Å². The molecule has 0 unspecified atom stereocenters. The van der Waals surface area contributed by atoms with Crippen molar-refractivity contribution in [2.24, 2.45) is 0 Å². The number of carbonyl (C=O) groups is 1. The fraction of sp³-hybridized carbons (Fsp3) is 0.222. The molecule has 1 aromatic carbocycles. The average Bonchev–Trinajstić information content (AvgIpc) is 3.34. The quantitative estimate of drug-likeness (QED) is 0.647. The minimum absolute atomic E-state index is 0.0699. The molecule has 25 heavy (non-hydrogen) atoms. The molecule has 0 aliphatic heterocycles. The van der Waals surface area contributed by atoms with Crippen molar-refractivity contribution < 1.29 is 19.2 Å². The number of nitrogens with zero attached hydrogens (tertiary/aromatic N) is 1. The van der Waals surface area contributed by atoms with Crippen molar-refractivity contribution in [3.63, 3.8) is 0 Å². The molecule has 0 radical (unpaired) electrons. The number of hydrogen-bond acceptors (Lipinski definition) is 6. The van der Waals surface area contributed by atoms with Crippen molar-refractivity contribution in [1.29, 1.82) is 0 Å². The Morgan fingerprint density at radius 1 is 1.28 bits per heavy atom. The predicted octanol–water partition coefficient (Wildman–Crippen LogP) is 2.88. The number of hydrogen-bond donors (Lipinski definition) is 2.